The molecule has 11 rings (SSSR count). The lowest BCUT2D eigenvalue weighted by atomic mass is 9.85. The number of halogens is 2. The van der Waals surface area contributed by atoms with E-state index < -0.39 is 29.9 Å². The number of anilines is 3. The Kier molecular flexibility index (Phi) is 10.7. The van der Waals surface area contributed by atoms with Gasteiger partial charge in [-0.1, -0.05) is 17.3 Å². The Morgan fingerprint density at radius 3 is 2.52 bits per heavy atom. The van der Waals surface area contributed by atoms with Gasteiger partial charge in [0.15, 0.2) is 16.9 Å². The van der Waals surface area contributed by atoms with Crippen LogP contribution in [0.4, 0.5) is 26.0 Å². The van der Waals surface area contributed by atoms with Crippen LogP contribution in [0.15, 0.2) is 59.5 Å². The zero-order chi connectivity index (χ0) is 44.3. The van der Waals surface area contributed by atoms with Crippen molar-refractivity contribution in [1.82, 2.24) is 44.7 Å². The van der Waals surface area contributed by atoms with Crippen molar-refractivity contribution in [2.75, 3.05) is 68.0 Å². The Hall–Kier alpha value is -6.38. The summed E-state index contributed by atoms with van der Waals surface area (Å²) in [5, 5.41) is 23.3. The number of carbonyl (C=O) groups is 4. The van der Waals surface area contributed by atoms with Gasteiger partial charge in [-0.3, -0.25) is 34.1 Å². The number of rotatable bonds is 11. The number of amides is 4. The third-order valence-corrected chi connectivity index (χ3v) is 13.9. The topological polar surface area (TPSA) is 197 Å². The molecule has 0 spiro atoms. The first kappa shape index (κ1) is 41.3. The quantitative estimate of drug-likeness (QED) is 0.149. The second-order valence-electron chi connectivity index (χ2n) is 18.0. The number of ether oxygens (including phenoxy) is 1. The van der Waals surface area contributed by atoms with E-state index in [1.807, 2.05) is 30.3 Å². The maximum absolute atomic E-state index is 14.3. The molecule has 4 aromatic heterocycles. The maximum Gasteiger partial charge on any atom is 0.284 e. The molecule has 3 N–H and O–H groups in total. The van der Waals surface area contributed by atoms with Gasteiger partial charge in [-0.25, -0.2) is 18.3 Å². The normalized spacial score (nSPS) is 24.2. The van der Waals surface area contributed by atoms with E-state index >= 15 is 0 Å². The van der Waals surface area contributed by atoms with Crippen molar-refractivity contribution in [1.29, 1.82) is 0 Å². The van der Waals surface area contributed by atoms with Gasteiger partial charge >= 0.3 is 0 Å². The average Bonchev–Trinajstić information content (AvgIpc) is 4.17. The Labute approximate surface area is 370 Å². The molecule has 2 bridgehead atoms. The van der Waals surface area contributed by atoms with E-state index in [-0.39, 0.29) is 54.2 Å². The van der Waals surface area contributed by atoms with Crippen LogP contribution < -0.4 is 20.9 Å². The van der Waals surface area contributed by atoms with Crippen molar-refractivity contribution < 1.29 is 37.2 Å². The number of alkyl halides is 2. The highest BCUT2D eigenvalue weighted by Gasteiger charge is 2.40. The SMILES string of the molecule is O=C1CC[C@@H](c2noc3ccc4c(NC(=O)CN5CCN(CC6CCC(n7cc(NC(=O)c8cnn9ccc(N%10C[C@H]%11C[C@@H]%10CO%11)nc89)c(C(F)F)n7)CC6)CC5)cccc4c23)C(=O)N1. The standard InChI is InChI=1S/C45H48F2N12O6/c46-42(47)41-34(50-45(63)32-19-48-58-13-12-36(51-43(32)58)57-21-28-18-27(57)24-64-28)22-59(53-41)26-6-4-25(5-7-26)20-55-14-16-56(17-15-55)23-38(61)49-33-3-1-2-30-29(33)8-10-35-39(30)40(54-65-35)31-9-11-37(60)52-44(31)62/h1-3,8,10,12-13,19,22,25-28,31,42H,4-7,9,11,14-18,20-21,23-24H2,(H,49,61)(H,50,63)(H,52,60,62)/t25?,26?,27-,28-,31+/m1/s1. The summed E-state index contributed by atoms with van der Waals surface area (Å²) in [4.78, 5) is 62.9. The number of benzene rings is 2. The summed E-state index contributed by atoms with van der Waals surface area (Å²) < 4.78 is 43.1. The molecule has 1 aliphatic carbocycles. The van der Waals surface area contributed by atoms with E-state index in [1.165, 1.54) is 16.9 Å². The van der Waals surface area contributed by atoms with E-state index in [4.69, 9.17) is 14.2 Å². The molecule has 4 amide bonds. The van der Waals surface area contributed by atoms with Gasteiger partial charge < -0.3 is 29.7 Å². The minimum atomic E-state index is -2.87. The van der Waals surface area contributed by atoms with Crippen molar-refractivity contribution in [3.05, 3.63) is 71.9 Å². The highest BCUT2D eigenvalue weighted by atomic mass is 19.3. The molecule has 65 heavy (non-hydrogen) atoms. The van der Waals surface area contributed by atoms with Gasteiger partial charge in [-0.2, -0.15) is 10.2 Å². The summed E-state index contributed by atoms with van der Waals surface area (Å²) in [5.74, 6) is -0.836. The maximum atomic E-state index is 14.3. The third-order valence-electron chi connectivity index (χ3n) is 13.9. The summed E-state index contributed by atoms with van der Waals surface area (Å²) in [7, 11) is 0. The molecule has 8 heterocycles. The van der Waals surface area contributed by atoms with Crippen LogP contribution in [0.5, 0.6) is 0 Å². The van der Waals surface area contributed by atoms with Crippen LogP contribution in [0.1, 0.15) is 85.1 Å². The summed E-state index contributed by atoms with van der Waals surface area (Å²) in [6.07, 6.45) is 6.89. The molecule has 4 aliphatic heterocycles. The van der Waals surface area contributed by atoms with Gasteiger partial charge in [-0.15, -0.1) is 0 Å². The van der Waals surface area contributed by atoms with Crippen molar-refractivity contribution in [2.45, 2.75) is 75.5 Å². The molecule has 6 aromatic rings. The molecular weight excluding hydrogens is 843 g/mol. The van der Waals surface area contributed by atoms with Crippen LogP contribution in [0.25, 0.3) is 27.4 Å². The van der Waals surface area contributed by atoms with E-state index in [9.17, 15) is 28.0 Å². The van der Waals surface area contributed by atoms with E-state index in [0.717, 1.165) is 88.0 Å². The van der Waals surface area contributed by atoms with Gasteiger partial charge in [0.05, 0.1) is 54.5 Å². The van der Waals surface area contributed by atoms with Crippen molar-refractivity contribution in [3.63, 3.8) is 0 Å². The number of piperazine rings is 1. The second-order valence-corrected chi connectivity index (χ2v) is 18.0. The molecular formula is C45H48F2N12O6. The van der Waals surface area contributed by atoms with E-state index in [0.29, 0.717) is 46.9 Å². The lowest BCUT2D eigenvalue weighted by Crippen LogP contribution is -2.49. The molecule has 338 valence electrons. The molecule has 18 nitrogen and oxygen atoms in total. The van der Waals surface area contributed by atoms with Crippen LogP contribution >= 0.6 is 0 Å². The highest BCUT2D eigenvalue weighted by molar-refractivity contribution is 6.14. The van der Waals surface area contributed by atoms with Crippen LogP contribution in [-0.2, 0) is 19.1 Å². The van der Waals surface area contributed by atoms with E-state index in [1.54, 1.807) is 16.9 Å². The molecule has 0 radical (unpaired) electrons. The van der Waals surface area contributed by atoms with Crippen molar-refractivity contribution in [2.24, 2.45) is 5.92 Å². The molecule has 20 heteroatoms. The molecule has 1 saturated carbocycles. The van der Waals surface area contributed by atoms with Crippen LogP contribution in [0.2, 0.25) is 0 Å². The minimum Gasteiger partial charge on any atom is -0.374 e. The van der Waals surface area contributed by atoms with Crippen molar-refractivity contribution >= 4 is 68.2 Å². The van der Waals surface area contributed by atoms with E-state index in [2.05, 4.69) is 46.0 Å². The molecule has 5 aliphatic rings. The monoisotopic (exact) mass is 890 g/mol. The van der Waals surface area contributed by atoms with Gasteiger partial charge in [0, 0.05) is 69.2 Å². The Morgan fingerprint density at radius 1 is 0.923 bits per heavy atom. The second kappa shape index (κ2) is 16.9. The van der Waals surface area contributed by atoms with Gasteiger partial charge in [-0.05, 0) is 74.1 Å². The number of piperidine rings is 1. The summed E-state index contributed by atoms with van der Waals surface area (Å²) in [6, 6.07) is 11.3. The number of hydrogen-bond acceptors (Lipinski definition) is 13. The summed E-state index contributed by atoms with van der Waals surface area (Å²) in [5.41, 5.74) is 1.71. The first-order valence-corrected chi connectivity index (χ1v) is 22.4. The fourth-order valence-corrected chi connectivity index (χ4v) is 10.5. The largest absolute Gasteiger partial charge is 0.374 e. The predicted molar refractivity (Wildman–Crippen MR) is 233 cm³/mol. The van der Waals surface area contributed by atoms with Gasteiger partial charge in [0.1, 0.15) is 17.1 Å². The lowest BCUT2D eigenvalue weighted by Gasteiger charge is -2.38. The van der Waals surface area contributed by atoms with Crippen LogP contribution in [0, 0.1) is 5.92 Å². The number of carbonyl (C=O) groups excluding carboxylic acids is 4. The third kappa shape index (κ3) is 7.96. The zero-order valence-electron chi connectivity index (χ0n) is 35.5. The van der Waals surface area contributed by atoms with Crippen molar-refractivity contribution in [3.8, 4) is 0 Å². The first-order valence-electron chi connectivity index (χ1n) is 22.4. The number of aromatic nitrogens is 6. The van der Waals surface area contributed by atoms with Crippen LogP contribution in [0.3, 0.4) is 0 Å². The van der Waals surface area contributed by atoms with Gasteiger partial charge in [0.2, 0.25) is 17.7 Å². The average molecular weight is 891 g/mol. The molecule has 5 fully saturated rings. The Balaban J connectivity index is 0.667. The molecule has 4 saturated heterocycles. The highest BCUT2D eigenvalue weighted by Crippen LogP contribution is 2.39. The predicted octanol–water partition coefficient (Wildman–Crippen LogP) is 4.90. The number of nitrogens with zero attached hydrogens (tertiary/aromatic N) is 9. The zero-order valence-corrected chi connectivity index (χ0v) is 35.5. The lowest BCUT2D eigenvalue weighted by molar-refractivity contribution is -0.134. The number of imide groups is 1. The minimum absolute atomic E-state index is 0.0193. The fourth-order valence-electron chi connectivity index (χ4n) is 10.5. The summed E-state index contributed by atoms with van der Waals surface area (Å²) in [6.45, 7) is 5.68. The first-order chi connectivity index (χ1) is 31.6. The molecule has 0 unspecified atom stereocenters. The number of morpholine rings is 1. The number of nitrogens with one attached hydrogen (secondary N) is 3. The van der Waals surface area contributed by atoms with Crippen LogP contribution in [-0.4, -0.2) is 128 Å². The smallest absolute Gasteiger partial charge is 0.284 e. The number of fused-ring (bicyclic) bond motifs is 6. The molecule has 2 aromatic carbocycles. The fraction of sp³-hybridized carbons (Fsp3) is 0.467. The van der Waals surface area contributed by atoms with Gasteiger partial charge in [0.25, 0.3) is 12.3 Å². The molecule has 3 atom stereocenters. The number of hydrogen-bond donors (Lipinski definition) is 3. The Morgan fingerprint density at radius 2 is 1.75 bits per heavy atom. The Bertz CT molecular complexity index is 2830. The summed E-state index contributed by atoms with van der Waals surface area (Å²) >= 11 is 0.